The molecule has 0 bridgehead atoms. The van der Waals surface area contributed by atoms with Crippen LogP contribution < -0.4 is 16.8 Å². The van der Waals surface area contributed by atoms with Crippen LogP contribution in [0.2, 0.25) is 0 Å². The quantitative estimate of drug-likeness (QED) is 0.630. The normalized spacial score (nSPS) is 13.8. The van der Waals surface area contributed by atoms with E-state index < -0.39 is 17.2 Å². The van der Waals surface area contributed by atoms with E-state index in [-0.39, 0.29) is 5.82 Å². The number of carbonyl (C=O) groups excluding carboxylic acids is 1. The summed E-state index contributed by atoms with van der Waals surface area (Å²) in [5.74, 6) is 0.196. The molecule has 1 aromatic carbocycles. The van der Waals surface area contributed by atoms with E-state index in [1.165, 1.54) is 23.9 Å². The van der Waals surface area contributed by atoms with E-state index in [9.17, 15) is 9.18 Å². The second kappa shape index (κ2) is 8.58. The molecule has 0 fully saturated rings. The van der Waals surface area contributed by atoms with Gasteiger partial charge >= 0.3 is 6.09 Å². The van der Waals surface area contributed by atoms with Gasteiger partial charge in [0.1, 0.15) is 11.4 Å². The molecule has 7 heteroatoms. The largest absolute Gasteiger partial charge is 0.444 e. The molecule has 0 aliphatic carbocycles. The Labute approximate surface area is 153 Å². The van der Waals surface area contributed by atoms with E-state index in [1.807, 2.05) is 6.92 Å². The van der Waals surface area contributed by atoms with Crippen LogP contribution in [0, 0.1) is 5.82 Å². The first-order chi connectivity index (χ1) is 11.5. The minimum Gasteiger partial charge on any atom is -0.444 e. The fourth-order valence-corrected chi connectivity index (χ4v) is 3.10. The number of benzene rings is 1. The van der Waals surface area contributed by atoms with Crippen LogP contribution in [0.25, 0.3) is 0 Å². The van der Waals surface area contributed by atoms with E-state index in [0.29, 0.717) is 34.9 Å². The van der Waals surface area contributed by atoms with Gasteiger partial charge in [-0.3, -0.25) is 5.32 Å². The molecule has 0 unspecified atom stereocenters. The SMILES string of the molecule is C=C(NC(=O)OC(C)(C)C)SCC[C@@](N)(CC)c1cc(N)ccc1F. The first-order valence-corrected chi connectivity index (χ1v) is 9.11. The highest BCUT2D eigenvalue weighted by Crippen LogP contribution is 2.31. The summed E-state index contributed by atoms with van der Waals surface area (Å²) in [5, 5.41) is 3.03. The summed E-state index contributed by atoms with van der Waals surface area (Å²) in [4.78, 5) is 11.7. The molecule has 0 radical (unpaired) electrons. The lowest BCUT2D eigenvalue weighted by atomic mass is 9.85. The minimum absolute atomic E-state index is 0.366. The van der Waals surface area contributed by atoms with Gasteiger partial charge in [-0.15, -0.1) is 11.8 Å². The Morgan fingerprint density at radius 1 is 1.40 bits per heavy atom. The van der Waals surface area contributed by atoms with Gasteiger partial charge in [-0.2, -0.15) is 0 Å². The third-order valence-electron chi connectivity index (χ3n) is 3.62. The summed E-state index contributed by atoms with van der Waals surface area (Å²) < 4.78 is 19.3. The van der Waals surface area contributed by atoms with Crippen LogP contribution in [-0.4, -0.2) is 17.4 Å². The summed E-state index contributed by atoms with van der Waals surface area (Å²) in [6.07, 6.45) is 0.505. The smallest absolute Gasteiger partial charge is 0.412 e. The summed E-state index contributed by atoms with van der Waals surface area (Å²) in [5.41, 5.74) is 11.6. The van der Waals surface area contributed by atoms with Crippen LogP contribution in [0.15, 0.2) is 29.8 Å². The number of anilines is 1. The summed E-state index contributed by atoms with van der Waals surface area (Å²) >= 11 is 1.34. The first-order valence-electron chi connectivity index (χ1n) is 8.13. The number of thioether (sulfide) groups is 1. The van der Waals surface area contributed by atoms with Gasteiger partial charge in [0.2, 0.25) is 0 Å². The topological polar surface area (TPSA) is 90.4 Å². The van der Waals surface area contributed by atoms with E-state index in [1.54, 1.807) is 26.8 Å². The zero-order valence-corrected chi connectivity index (χ0v) is 16.1. The van der Waals surface area contributed by atoms with Gasteiger partial charge in [-0.1, -0.05) is 13.5 Å². The molecule has 140 valence electrons. The van der Waals surface area contributed by atoms with Gasteiger partial charge in [0, 0.05) is 22.5 Å². The fraction of sp³-hybridized carbons (Fsp3) is 0.500. The molecular formula is C18H28FN3O2S. The predicted octanol–water partition coefficient (Wildman–Crippen LogP) is 4.09. The second-order valence-corrected chi connectivity index (χ2v) is 8.09. The van der Waals surface area contributed by atoms with Gasteiger partial charge in [-0.25, -0.2) is 9.18 Å². The molecule has 0 aromatic heterocycles. The number of alkyl carbamates (subject to hydrolysis) is 1. The highest BCUT2D eigenvalue weighted by molar-refractivity contribution is 8.03. The number of hydrogen-bond donors (Lipinski definition) is 3. The Morgan fingerprint density at radius 3 is 2.60 bits per heavy atom. The lowest BCUT2D eigenvalue weighted by Crippen LogP contribution is -2.38. The molecule has 0 saturated heterocycles. The van der Waals surface area contributed by atoms with Gasteiger partial charge in [0.15, 0.2) is 0 Å². The Balaban J connectivity index is 2.61. The van der Waals surface area contributed by atoms with Crippen molar-refractivity contribution < 1.29 is 13.9 Å². The molecule has 0 heterocycles. The highest BCUT2D eigenvalue weighted by Gasteiger charge is 2.28. The Morgan fingerprint density at radius 2 is 2.04 bits per heavy atom. The number of rotatable bonds is 7. The van der Waals surface area contributed by atoms with Crippen molar-refractivity contribution in [2.45, 2.75) is 51.7 Å². The van der Waals surface area contributed by atoms with Crippen molar-refractivity contribution in [3.63, 3.8) is 0 Å². The van der Waals surface area contributed by atoms with Crippen molar-refractivity contribution in [1.82, 2.24) is 5.32 Å². The van der Waals surface area contributed by atoms with Crippen LogP contribution in [-0.2, 0) is 10.3 Å². The Hall–Kier alpha value is -1.73. The monoisotopic (exact) mass is 369 g/mol. The first kappa shape index (κ1) is 21.3. The average molecular weight is 370 g/mol. The Bertz CT molecular complexity index is 631. The van der Waals surface area contributed by atoms with E-state index in [0.717, 1.165) is 0 Å². The number of hydrogen-bond acceptors (Lipinski definition) is 5. The van der Waals surface area contributed by atoms with Crippen LogP contribution >= 0.6 is 11.8 Å². The van der Waals surface area contributed by atoms with E-state index >= 15 is 0 Å². The molecule has 0 aliphatic rings. The molecule has 0 spiro atoms. The molecule has 1 amide bonds. The maximum absolute atomic E-state index is 14.1. The number of ether oxygens (including phenoxy) is 1. The lowest BCUT2D eigenvalue weighted by Gasteiger charge is -2.29. The number of halogens is 1. The molecule has 5 N–H and O–H groups in total. The standard InChI is InChI=1S/C18H28FN3O2S/c1-6-18(21,14-11-13(20)7-8-15(14)19)9-10-25-12(2)22-16(23)24-17(3,4)5/h7-8,11H,2,6,9-10,20-21H2,1,3-5H3,(H,22,23)/t18-/m0/s1. The predicted molar refractivity (Wildman–Crippen MR) is 103 cm³/mol. The number of nitrogens with two attached hydrogens (primary N) is 2. The number of carbonyl (C=O) groups is 1. The third-order valence-corrected chi connectivity index (χ3v) is 4.48. The highest BCUT2D eigenvalue weighted by atomic mass is 32.2. The van der Waals surface area contributed by atoms with Crippen molar-refractivity contribution in [2.75, 3.05) is 11.5 Å². The summed E-state index contributed by atoms with van der Waals surface area (Å²) in [6.45, 7) is 11.0. The molecule has 1 rings (SSSR count). The molecule has 1 aromatic rings. The van der Waals surface area contributed by atoms with Crippen molar-refractivity contribution in [3.05, 3.63) is 41.2 Å². The van der Waals surface area contributed by atoms with Crippen molar-refractivity contribution in [1.29, 1.82) is 0 Å². The minimum atomic E-state index is -0.835. The van der Waals surface area contributed by atoms with Crippen LogP contribution in [0.3, 0.4) is 0 Å². The van der Waals surface area contributed by atoms with Crippen LogP contribution in [0.1, 0.15) is 46.1 Å². The average Bonchev–Trinajstić information content (AvgIpc) is 2.47. The van der Waals surface area contributed by atoms with Gasteiger partial charge in [-0.05, 0) is 51.8 Å². The van der Waals surface area contributed by atoms with Crippen molar-refractivity contribution in [2.24, 2.45) is 5.73 Å². The molecular weight excluding hydrogens is 341 g/mol. The lowest BCUT2D eigenvalue weighted by molar-refractivity contribution is 0.0550. The van der Waals surface area contributed by atoms with E-state index in [4.69, 9.17) is 16.2 Å². The van der Waals surface area contributed by atoms with Crippen molar-refractivity contribution >= 4 is 23.5 Å². The maximum Gasteiger partial charge on any atom is 0.412 e. The van der Waals surface area contributed by atoms with Gasteiger partial charge < -0.3 is 16.2 Å². The van der Waals surface area contributed by atoms with Crippen molar-refractivity contribution in [3.8, 4) is 0 Å². The summed E-state index contributed by atoms with van der Waals surface area (Å²) in [7, 11) is 0. The van der Waals surface area contributed by atoms with E-state index in [2.05, 4.69) is 11.9 Å². The zero-order valence-electron chi connectivity index (χ0n) is 15.3. The molecule has 0 aliphatic heterocycles. The number of nitrogen functional groups attached to an aromatic ring is 1. The molecule has 25 heavy (non-hydrogen) atoms. The maximum atomic E-state index is 14.1. The van der Waals surface area contributed by atoms with Gasteiger partial charge in [0.25, 0.3) is 0 Å². The third kappa shape index (κ3) is 6.96. The number of nitrogens with one attached hydrogen (secondary N) is 1. The van der Waals surface area contributed by atoms with Crippen LogP contribution in [0.4, 0.5) is 14.9 Å². The van der Waals surface area contributed by atoms with Gasteiger partial charge in [0.05, 0.1) is 5.03 Å². The zero-order chi connectivity index (χ0) is 19.3. The molecule has 0 saturated carbocycles. The molecule has 5 nitrogen and oxygen atoms in total. The molecule has 1 atom stereocenters. The number of amides is 1. The summed E-state index contributed by atoms with van der Waals surface area (Å²) in [6, 6.07) is 4.42. The fourth-order valence-electron chi connectivity index (χ4n) is 2.24. The Kier molecular flexibility index (Phi) is 7.31. The van der Waals surface area contributed by atoms with Crippen LogP contribution in [0.5, 0.6) is 0 Å². The second-order valence-electron chi connectivity index (χ2n) is 6.90.